The predicted octanol–water partition coefficient (Wildman–Crippen LogP) is 2.39. The average Bonchev–Trinajstić information content (AvgIpc) is 2.10. The first-order valence-electron chi connectivity index (χ1n) is 3.53. The largest absolute Gasteiger partial charge is 0.359 e. The number of hydrogen-bond donors (Lipinski definition) is 0. The molecule has 0 spiro atoms. The maximum atomic E-state index is 5.76. The molecule has 2 heteroatoms. The van der Waals surface area contributed by atoms with E-state index < -0.39 is 0 Å². The number of ether oxygens (including phenoxy) is 1. The van der Waals surface area contributed by atoms with Gasteiger partial charge in [-0.2, -0.15) is 0 Å². The lowest BCUT2D eigenvalue weighted by Gasteiger charge is -2.09. The fourth-order valence-electron chi connectivity index (χ4n) is 1.32. The smallest absolute Gasteiger partial charge is 0.131 e. The van der Waals surface area contributed by atoms with Gasteiger partial charge in [0.1, 0.15) is 5.56 Å². The summed E-state index contributed by atoms with van der Waals surface area (Å²) in [7, 11) is 0. The van der Waals surface area contributed by atoms with Gasteiger partial charge in [-0.3, -0.25) is 0 Å². The molecule has 1 fully saturated rings. The molecule has 1 unspecified atom stereocenters. The minimum atomic E-state index is -0.0232. The van der Waals surface area contributed by atoms with E-state index in [4.69, 9.17) is 16.3 Å². The molecule has 0 radical (unpaired) electrons. The molecule has 1 rings (SSSR count). The van der Waals surface area contributed by atoms with Gasteiger partial charge in [0.25, 0.3) is 0 Å². The predicted molar refractivity (Wildman–Crippen MR) is 38.6 cm³/mol. The van der Waals surface area contributed by atoms with Gasteiger partial charge in [0.15, 0.2) is 0 Å². The fraction of sp³-hybridized carbons (Fsp3) is 1.00. The van der Waals surface area contributed by atoms with Crippen LogP contribution in [0.3, 0.4) is 0 Å². The molecular weight excluding hydrogens is 136 g/mol. The van der Waals surface area contributed by atoms with Gasteiger partial charge in [0.05, 0.1) is 6.10 Å². The van der Waals surface area contributed by atoms with Crippen LogP contribution in [-0.2, 0) is 4.74 Å². The summed E-state index contributed by atoms with van der Waals surface area (Å²) < 4.78 is 5.39. The third-order valence-corrected chi connectivity index (χ3v) is 2.20. The highest BCUT2D eigenvalue weighted by molar-refractivity contribution is 6.19. The average molecular weight is 149 g/mol. The topological polar surface area (TPSA) is 9.23 Å². The highest BCUT2D eigenvalue weighted by Gasteiger charge is 2.28. The van der Waals surface area contributed by atoms with Gasteiger partial charge in [0.2, 0.25) is 0 Å². The van der Waals surface area contributed by atoms with Crippen molar-refractivity contribution in [3.05, 3.63) is 0 Å². The molecule has 0 aromatic carbocycles. The van der Waals surface area contributed by atoms with Gasteiger partial charge in [-0.25, -0.2) is 0 Å². The SMILES string of the molecule is CC[C@H]1OC(Cl)C[C@H]1C. The van der Waals surface area contributed by atoms with Crippen LogP contribution in [-0.4, -0.2) is 11.7 Å². The van der Waals surface area contributed by atoms with Crippen molar-refractivity contribution in [1.29, 1.82) is 0 Å². The normalized spacial score (nSPS) is 43.7. The quantitative estimate of drug-likeness (QED) is 0.519. The van der Waals surface area contributed by atoms with Crippen LogP contribution in [0.25, 0.3) is 0 Å². The summed E-state index contributed by atoms with van der Waals surface area (Å²) in [4.78, 5) is 0. The monoisotopic (exact) mass is 148 g/mol. The van der Waals surface area contributed by atoms with Crippen LogP contribution in [0.1, 0.15) is 26.7 Å². The number of rotatable bonds is 1. The summed E-state index contributed by atoms with van der Waals surface area (Å²) in [6.07, 6.45) is 2.51. The van der Waals surface area contributed by atoms with E-state index in [9.17, 15) is 0 Å². The number of alkyl halides is 1. The van der Waals surface area contributed by atoms with E-state index in [1.54, 1.807) is 0 Å². The van der Waals surface area contributed by atoms with E-state index in [1.807, 2.05) is 0 Å². The molecule has 0 amide bonds. The molecule has 0 saturated carbocycles. The van der Waals surface area contributed by atoms with E-state index >= 15 is 0 Å². The first kappa shape index (κ1) is 7.36. The van der Waals surface area contributed by atoms with Crippen LogP contribution in [0.5, 0.6) is 0 Å². The second-order valence-electron chi connectivity index (χ2n) is 2.71. The van der Waals surface area contributed by atoms with Crippen molar-refractivity contribution < 1.29 is 4.74 Å². The Kier molecular flexibility index (Phi) is 2.36. The second-order valence-corrected chi connectivity index (χ2v) is 3.19. The number of hydrogen-bond acceptors (Lipinski definition) is 1. The van der Waals surface area contributed by atoms with Crippen LogP contribution in [0.4, 0.5) is 0 Å². The molecule has 54 valence electrons. The molecule has 0 aliphatic carbocycles. The van der Waals surface area contributed by atoms with E-state index in [2.05, 4.69) is 13.8 Å². The van der Waals surface area contributed by atoms with Gasteiger partial charge in [-0.05, 0) is 18.8 Å². The molecular formula is C7H13ClO. The minimum Gasteiger partial charge on any atom is -0.359 e. The highest BCUT2D eigenvalue weighted by atomic mass is 35.5. The van der Waals surface area contributed by atoms with Gasteiger partial charge < -0.3 is 4.74 Å². The Morgan fingerprint density at radius 2 is 2.33 bits per heavy atom. The zero-order valence-electron chi connectivity index (χ0n) is 5.93. The van der Waals surface area contributed by atoms with E-state index in [0.717, 1.165) is 12.8 Å². The molecule has 1 aliphatic heterocycles. The Bertz CT molecular complexity index is 94.9. The molecule has 0 N–H and O–H groups in total. The summed E-state index contributed by atoms with van der Waals surface area (Å²) >= 11 is 5.76. The zero-order valence-corrected chi connectivity index (χ0v) is 6.69. The van der Waals surface area contributed by atoms with Gasteiger partial charge >= 0.3 is 0 Å². The molecule has 1 heterocycles. The van der Waals surface area contributed by atoms with Crippen LogP contribution < -0.4 is 0 Å². The summed E-state index contributed by atoms with van der Waals surface area (Å²) in [5.41, 5.74) is -0.0232. The van der Waals surface area contributed by atoms with Crippen molar-refractivity contribution in [3.8, 4) is 0 Å². The minimum absolute atomic E-state index is 0.0232. The van der Waals surface area contributed by atoms with Crippen LogP contribution in [0, 0.1) is 5.92 Å². The lowest BCUT2D eigenvalue weighted by molar-refractivity contribution is 0.0721. The molecule has 9 heavy (non-hydrogen) atoms. The Morgan fingerprint density at radius 1 is 1.67 bits per heavy atom. The van der Waals surface area contributed by atoms with Crippen molar-refractivity contribution >= 4 is 11.6 Å². The van der Waals surface area contributed by atoms with Gasteiger partial charge in [-0.15, -0.1) is 0 Å². The summed E-state index contributed by atoms with van der Waals surface area (Å²) in [6.45, 7) is 4.33. The highest BCUT2D eigenvalue weighted by Crippen LogP contribution is 2.29. The van der Waals surface area contributed by atoms with Crippen molar-refractivity contribution in [2.75, 3.05) is 0 Å². The maximum Gasteiger partial charge on any atom is 0.131 e. The van der Waals surface area contributed by atoms with Crippen molar-refractivity contribution in [1.82, 2.24) is 0 Å². The third-order valence-electron chi connectivity index (χ3n) is 1.92. The molecule has 1 saturated heterocycles. The van der Waals surface area contributed by atoms with Gasteiger partial charge in [-0.1, -0.05) is 25.4 Å². The third kappa shape index (κ3) is 1.59. The van der Waals surface area contributed by atoms with Crippen LogP contribution in [0.2, 0.25) is 0 Å². The maximum absolute atomic E-state index is 5.76. The van der Waals surface area contributed by atoms with Gasteiger partial charge in [0, 0.05) is 0 Å². The van der Waals surface area contributed by atoms with E-state index in [-0.39, 0.29) is 5.56 Å². The summed E-state index contributed by atoms with van der Waals surface area (Å²) in [5.74, 6) is 0.650. The first-order chi connectivity index (χ1) is 4.24. The standard InChI is InChI=1S/C7H13ClO/c1-3-6-5(2)4-7(8)9-6/h5-7H,3-4H2,1-2H3/t5-,6-,7?/m1/s1. The molecule has 1 aliphatic rings. The summed E-state index contributed by atoms with van der Waals surface area (Å²) in [6, 6.07) is 0. The molecule has 3 atom stereocenters. The first-order valence-corrected chi connectivity index (χ1v) is 3.97. The number of halogens is 1. The lowest BCUT2D eigenvalue weighted by Crippen LogP contribution is -2.11. The molecule has 0 bridgehead atoms. The lowest BCUT2D eigenvalue weighted by atomic mass is 10.0. The van der Waals surface area contributed by atoms with Crippen LogP contribution >= 0.6 is 11.6 Å². The molecule has 0 aromatic heterocycles. The molecule has 1 nitrogen and oxygen atoms in total. The Balaban J connectivity index is 2.38. The zero-order chi connectivity index (χ0) is 6.85. The van der Waals surface area contributed by atoms with E-state index in [1.165, 1.54) is 0 Å². The van der Waals surface area contributed by atoms with Crippen molar-refractivity contribution in [3.63, 3.8) is 0 Å². The molecule has 0 aromatic rings. The second kappa shape index (κ2) is 2.89. The Labute approximate surface area is 61.3 Å². The van der Waals surface area contributed by atoms with E-state index in [0.29, 0.717) is 12.0 Å². The van der Waals surface area contributed by atoms with Crippen LogP contribution in [0.15, 0.2) is 0 Å². The fourth-order valence-corrected chi connectivity index (χ4v) is 1.74. The van der Waals surface area contributed by atoms with Crippen molar-refractivity contribution in [2.24, 2.45) is 5.92 Å². The Hall–Kier alpha value is 0.250. The van der Waals surface area contributed by atoms with Crippen molar-refractivity contribution in [2.45, 2.75) is 38.4 Å². The summed E-state index contributed by atoms with van der Waals surface area (Å²) in [5, 5.41) is 0. The Morgan fingerprint density at radius 3 is 2.56 bits per heavy atom.